The summed E-state index contributed by atoms with van der Waals surface area (Å²) in [6, 6.07) is 12.9. The Morgan fingerprint density at radius 1 is 1.15 bits per heavy atom. The lowest BCUT2D eigenvalue weighted by Crippen LogP contribution is -2.56. The van der Waals surface area contributed by atoms with Crippen LogP contribution in [-0.4, -0.2) is 71.3 Å². The van der Waals surface area contributed by atoms with E-state index in [0.717, 1.165) is 10.8 Å². The molecule has 3 fully saturated rings. The molecule has 1 N–H and O–H groups in total. The van der Waals surface area contributed by atoms with Gasteiger partial charge in [-0.05, 0) is 61.9 Å². The van der Waals surface area contributed by atoms with Gasteiger partial charge in [0.05, 0.1) is 18.1 Å². The molecule has 8 heteroatoms. The SMILES string of the molecule is C=CCCOC(=O)[C@H]1[C@H]2C(=O)N(CCCCO)C(C(=O)N(CC=C)c3ccc4ccccc4c3)C23CC[C@]1(C)O3. The minimum Gasteiger partial charge on any atom is -0.465 e. The molecule has 2 amide bonds. The molecule has 2 aromatic carbocycles. The summed E-state index contributed by atoms with van der Waals surface area (Å²) >= 11 is 0. The van der Waals surface area contributed by atoms with Crippen molar-refractivity contribution in [2.24, 2.45) is 11.8 Å². The van der Waals surface area contributed by atoms with E-state index in [0.29, 0.717) is 37.8 Å². The highest BCUT2D eigenvalue weighted by molar-refractivity contribution is 6.05. The number of benzene rings is 2. The Hall–Kier alpha value is -3.49. The lowest BCUT2D eigenvalue weighted by atomic mass is 9.66. The van der Waals surface area contributed by atoms with E-state index in [4.69, 9.17) is 9.47 Å². The first-order valence-corrected chi connectivity index (χ1v) is 14.1. The van der Waals surface area contributed by atoms with Gasteiger partial charge in [0, 0.05) is 25.4 Å². The quantitative estimate of drug-likeness (QED) is 0.246. The van der Waals surface area contributed by atoms with Gasteiger partial charge in [-0.2, -0.15) is 0 Å². The van der Waals surface area contributed by atoms with E-state index >= 15 is 0 Å². The number of aliphatic hydroxyl groups excluding tert-OH is 1. The number of carbonyl (C=O) groups excluding carboxylic acids is 3. The van der Waals surface area contributed by atoms with Crippen molar-refractivity contribution in [1.82, 2.24) is 4.90 Å². The third-order valence-electron chi connectivity index (χ3n) is 8.76. The van der Waals surface area contributed by atoms with E-state index in [-0.39, 0.29) is 38.1 Å². The number of anilines is 1. The summed E-state index contributed by atoms with van der Waals surface area (Å²) in [4.78, 5) is 45.4. The van der Waals surface area contributed by atoms with E-state index in [2.05, 4.69) is 13.2 Å². The third-order valence-corrected chi connectivity index (χ3v) is 8.76. The van der Waals surface area contributed by atoms with Crippen LogP contribution in [0.25, 0.3) is 10.8 Å². The Bertz CT molecular complexity index is 1330. The van der Waals surface area contributed by atoms with Crippen LogP contribution in [0.3, 0.4) is 0 Å². The summed E-state index contributed by atoms with van der Waals surface area (Å²) in [5.41, 5.74) is -1.33. The van der Waals surface area contributed by atoms with Crippen LogP contribution in [0.4, 0.5) is 5.69 Å². The van der Waals surface area contributed by atoms with Gasteiger partial charge < -0.3 is 24.4 Å². The fourth-order valence-electron chi connectivity index (χ4n) is 6.97. The zero-order chi connectivity index (χ0) is 28.5. The van der Waals surface area contributed by atoms with Crippen LogP contribution < -0.4 is 4.90 Å². The molecule has 5 rings (SSSR count). The van der Waals surface area contributed by atoms with Crippen LogP contribution >= 0.6 is 0 Å². The predicted molar refractivity (Wildman–Crippen MR) is 153 cm³/mol. The minimum atomic E-state index is -1.14. The highest BCUT2D eigenvalue weighted by Gasteiger charge is 2.78. The van der Waals surface area contributed by atoms with Crippen molar-refractivity contribution in [3.8, 4) is 0 Å². The molecule has 0 saturated carbocycles. The second kappa shape index (κ2) is 11.2. The molecule has 212 valence electrons. The van der Waals surface area contributed by atoms with Crippen LogP contribution in [0.15, 0.2) is 67.8 Å². The van der Waals surface area contributed by atoms with Crippen molar-refractivity contribution < 1.29 is 29.0 Å². The molecule has 2 bridgehead atoms. The summed E-state index contributed by atoms with van der Waals surface area (Å²) in [6.45, 7) is 10.1. The van der Waals surface area contributed by atoms with E-state index in [1.807, 2.05) is 49.4 Å². The maximum Gasteiger partial charge on any atom is 0.312 e. The van der Waals surface area contributed by atoms with Crippen LogP contribution in [0.2, 0.25) is 0 Å². The number of rotatable bonds is 12. The monoisotopic (exact) mass is 546 g/mol. The second-order valence-corrected chi connectivity index (χ2v) is 11.2. The van der Waals surface area contributed by atoms with Gasteiger partial charge in [-0.25, -0.2) is 0 Å². The molecule has 3 aliphatic heterocycles. The van der Waals surface area contributed by atoms with Gasteiger partial charge in [-0.3, -0.25) is 14.4 Å². The highest BCUT2D eigenvalue weighted by Crippen LogP contribution is 2.63. The Morgan fingerprint density at radius 3 is 2.65 bits per heavy atom. The molecule has 0 radical (unpaired) electrons. The molecule has 5 atom stereocenters. The maximum absolute atomic E-state index is 14.6. The number of unbranched alkanes of at least 4 members (excludes halogenated alkanes) is 1. The van der Waals surface area contributed by atoms with Gasteiger partial charge in [0.2, 0.25) is 5.91 Å². The number of fused-ring (bicyclic) bond motifs is 2. The highest BCUT2D eigenvalue weighted by atomic mass is 16.6. The third kappa shape index (κ3) is 4.53. The normalized spacial score (nSPS) is 28.5. The number of hydrogen-bond acceptors (Lipinski definition) is 6. The first-order valence-electron chi connectivity index (χ1n) is 14.1. The summed E-state index contributed by atoms with van der Waals surface area (Å²) in [6.07, 6.45) is 5.91. The summed E-state index contributed by atoms with van der Waals surface area (Å²) < 4.78 is 12.2. The molecule has 8 nitrogen and oxygen atoms in total. The predicted octanol–water partition coefficient (Wildman–Crippen LogP) is 4.02. The van der Waals surface area contributed by atoms with Crippen molar-refractivity contribution >= 4 is 34.2 Å². The van der Waals surface area contributed by atoms with Gasteiger partial charge in [0.1, 0.15) is 17.6 Å². The molecular weight excluding hydrogens is 508 g/mol. The van der Waals surface area contributed by atoms with Gasteiger partial charge in [0.25, 0.3) is 5.91 Å². The maximum atomic E-state index is 14.6. The number of carbonyl (C=O) groups is 3. The van der Waals surface area contributed by atoms with Gasteiger partial charge in [-0.1, -0.05) is 42.5 Å². The standard InChI is InChI=1S/C32H38N2O6/c1-4-6-20-39-30(38)26-25-28(36)34(18-9-10-19-35)27(32(25)16-15-31(26,3)40-32)29(37)33(17-5-2)24-14-13-22-11-7-8-12-23(22)21-24/h4-5,7-8,11-14,21,25-27,35H,1-2,6,9-10,15-20H2,3H3/t25-,26+,27?,31-,32?/m0/s1. The van der Waals surface area contributed by atoms with E-state index in [1.54, 1.807) is 22.0 Å². The average molecular weight is 547 g/mol. The molecule has 1 spiro atoms. The molecule has 3 aliphatic rings. The Kier molecular flexibility index (Phi) is 7.84. The molecule has 2 unspecified atom stereocenters. The van der Waals surface area contributed by atoms with E-state index in [9.17, 15) is 19.5 Å². The smallest absolute Gasteiger partial charge is 0.312 e. The fourth-order valence-corrected chi connectivity index (χ4v) is 6.97. The zero-order valence-corrected chi connectivity index (χ0v) is 23.1. The number of ether oxygens (including phenoxy) is 2. The topological polar surface area (TPSA) is 96.4 Å². The van der Waals surface area contributed by atoms with Crippen molar-refractivity contribution in [1.29, 1.82) is 0 Å². The van der Waals surface area contributed by atoms with Crippen LogP contribution in [0.1, 0.15) is 39.0 Å². The Labute approximate surface area is 235 Å². The number of hydrogen-bond donors (Lipinski definition) is 1. The zero-order valence-electron chi connectivity index (χ0n) is 23.1. The Morgan fingerprint density at radius 2 is 1.93 bits per heavy atom. The molecule has 2 aromatic rings. The number of nitrogens with zero attached hydrogens (tertiary/aromatic N) is 2. The summed E-state index contributed by atoms with van der Waals surface area (Å²) in [5.74, 6) is -2.61. The van der Waals surface area contributed by atoms with E-state index < -0.39 is 35.0 Å². The lowest BCUT2D eigenvalue weighted by Gasteiger charge is -2.37. The van der Waals surface area contributed by atoms with Crippen LogP contribution in [-0.2, 0) is 23.9 Å². The second-order valence-electron chi connectivity index (χ2n) is 11.2. The molecule has 0 aromatic heterocycles. The molecular formula is C32H38N2O6. The van der Waals surface area contributed by atoms with Crippen molar-refractivity contribution in [3.05, 3.63) is 67.8 Å². The van der Waals surface area contributed by atoms with Crippen molar-refractivity contribution in [2.75, 3.05) is 31.2 Å². The first-order chi connectivity index (χ1) is 19.3. The summed E-state index contributed by atoms with van der Waals surface area (Å²) in [7, 11) is 0. The van der Waals surface area contributed by atoms with Gasteiger partial charge in [-0.15, -0.1) is 13.2 Å². The van der Waals surface area contributed by atoms with E-state index in [1.165, 1.54) is 0 Å². The van der Waals surface area contributed by atoms with Gasteiger partial charge >= 0.3 is 5.97 Å². The first kappa shape index (κ1) is 28.1. The number of aliphatic hydroxyl groups is 1. The molecule has 40 heavy (non-hydrogen) atoms. The average Bonchev–Trinajstić information content (AvgIpc) is 3.52. The fraction of sp³-hybridized carbons (Fsp3) is 0.469. The molecule has 3 heterocycles. The number of amides is 2. The largest absolute Gasteiger partial charge is 0.465 e. The molecule has 3 saturated heterocycles. The van der Waals surface area contributed by atoms with Crippen LogP contribution in [0, 0.1) is 11.8 Å². The summed E-state index contributed by atoms with van der Waals surface area (Å²) in [5, 5.41) is 11.5. The van der Waals surface area contributed by atoms with Crippen molar-refractivity contribution in [2.45, 2.75) is 56.3 Å². The minimum absolute atomic E-state index is 0.0122. The molecule has 0 aliphatic carbocycles. The number of esters is 1. The van der Waals surface area contributed by atoms with Crippen LogP contribution in [0.5, 0.6) is 0 Å². The van der Waals surface area contributed by atoms with Crippen molar-refractivity contribution in [3.63, 3.8) is 0 Å². The van der Waals surface area contributed by atoms with Gasteiger partial charge in [0.15, 0.2) is 0 Å². The Balaban J connectivity index is 1.55. The number of likely N-dealkylation sites (tertiary alicyclic amines) is 1. The lowest BCUT2D eigenvalue weighted by molar-refractivity contribution is -0.159.